The molecule has 1 aromatic heterocycles. The lowest BCUT2D eigenvalue weighted by molar-refractivity contribution is -0.136. The Bertz CT molecular complexity index is 895. The van der Waals surface area contributed by atoms with Crippen molar-refractivity contribution >= 4 is 10.9 Å². The van der Waals surface area contributed by atoms with Crippen molar-refractivity contribution in [3.05, 3.63) is 70.5 Å². The van der Waals surface area contributed by atoms with Crippen molar-refractivity contribution in [3.63, 3.8) is 0 Å². The molecule has 3 aromatic rings. The molecule has 0 N–H and O–H groups in total. The van der Waals surface area contributed by atoms with Crippen LogP contribution in [0.25, 0.3) is 22.0 Å². The molecule has 0 saturated heterocycles. The Labute approximate surface area is 124 Å². The SMILES string of the molecule is Cn1cc(-c2ccccc2)c(=O)c2c(C(F)(F)F)cccc21. The van der Waals surface area contributed by atoms with Gasteiger partial charge in [-0.1, -0.05) is 36.4 Å². The molecule has 2 aromatic carbocycles. The molecule has 1 heterocycles. The van der Waals surface area contributed by atoms with Crippen molar-refractivity contribution in [3.8, 4) is 11.1 Å². The van der Waals surface area contributed by atoms with Crippen LogP contribution in [0, 0.1) is 0 Å². The first kappa shape index (κ1) is 14.4. The lowest BCUT2D eigenvalue weighted by Crippen LogP contribution is -2.16. The summed E-state index contributed by atoms with van der Waals surface area (Å²) in [6.07, 6.45) is -3.00. The minimum Gasteiger partial charge on any atom is -0.350 e. The monoisotopic (exact) mass is 303 g/mol. The summed E-state index contributed by atoms with van der Waals surface area (Å²) in [6.45, 7) is 0. The van der Waals surface area contributed by atoms with E-state index < -0.39 is 17.2 Å². The lowest BCUT2D eigenvalue weighted by Gasteiger charge is -2.14. The highest BCUT2D eigenvalue weighted by Crippen LogP contribution is 2.34. The molecular weight excluding hydrogens is 291 g/mol. The van der Waals surface area contributed by atoms with Gasteiger partial charge in [-0.05, 0) is 17.7 Å². The minimum absolute atomic E-state index is 0.257. The Morgan fingerprint density at radius 3 is 2.27 bits per heavy atom. The predicted octanol–water partition coefficient (Wildman–Crippen LogP) is 4.22. The van der Waals surface area contributed by atoms with Gasteiger partial charge >= 0.3 is 6.18 Å². The number of aromatic nitrogens is 1. The summed E-state index contributed by atoms with van der Waals surface area (Å²) >= 11 is 0. The summed E-state index contributed by atoms with van der Waals surface area (Å²) in [7, 11) is 1.63. The smallest absolute Gasteiger partial charge is 0.350 e. The highest BCUT2D eigenvalue weighted by atomic mass is 19.4. The van der Waals surface area contributed by atoms with Gasteiger partial charge in [-0.3, -0.25) is 4.79 Å². The molecule has 3 rings (SSSR count). The zero-order valence-corrected chi connectivity index (χ0v) is 11.7. The van der Waals surface area contributed by atoms with Gasteiger partial charge < -0.3 is 4.57 Å². The van der Waals surface area contributed by atoms with E-state index in [2.05, 4.69) is 0 Å². The van der Waals surface area contributed by atoms with Gasteiger partial charge in [0.1, 0.15) is 0 Å². The predicted molar refractivity (Wildman–Crippen MR) is 79.6 cm³/mol. The maximum absolute atomic E-state index is 13.2. The molecule has 5 heteroatoms. The lowest BCUT2D eigenvalue weighted by atomic mass is 10.0. The van der Waals surface area contributed by atoms with Crippen LogP contribution in [0.2, 0.25) is 0 Å². The van der Waals surface area contributed by atoms with Crippen molar-refractivity contribution in [2.45, 2.75) is 6.18 Å². The molecule has 0 amide bonds. The van der Waals surface area contributed by atoms with E-state index in [-0.39, 0.29) is 16.5 Å². The van der Waals surface area contributed by atoms with Gasteiger partial charge in [0.25, 0.3) is 0 Å². The van der Waals surface area contributed by atoms with Gasteiger partial charge in [0.2, 0.25) is 0 Å². The molecule has 0 radical (unpaired) electrons. The Morgan fingerprint density at radius 2 is 1.64 bits per heavy atom. The molecule has 0 spiro atoms. The molecule has 0 aliphatic rings. The molecule has 0 unspecified atom stereocenters. The number of hydrogen-bond donors (Lipinski definition) is 0. The quantitative estimate of drug-likeness (QED) is 0.659. The first-order valence-corrected chi connectivity index (χ1v) is 6.64. The maximum Gasteiger partial charge on any atom is 0.417 e. The van der Waals surface area contributed by atoms with Crippen LogP contribution in [-0.2, 0) is 13.2 Å². The van der Waals surface area contributed by atoms with E-state index in [4.69, 9.17) is 0 Å². The second-order valence-electron chi connectivity index (χ2n) is 5.05. The first-order valence-electron chi connectivity index (χ1n) is 6.64. The van der Waals surface area contributed by atoms with Crippen LogP contribution in [-0.4, -0.2) is 4.57 Å². The van der Waals surface area contributed by atoms with Crippen molar-refractivity contribution in [1.82, 2.24) is 4.57 Å². The Morgan fingerprint density at radius 1 is 0.955 bits per heavy atom. The zero-order chi connectivity index (χ0) is 15.9. The van der Waals surface area contributed by atoms with Crippen LogP contribution in [0.3, 0.4) is 0 Å². The number of halogens is 3. The molecule has 2 nitrogen and oxygen atoms in total. The van der Waals surface area contributed by atoms with Gasteiger partial charge in [0, 0.05) is 18.8 Å². The summed E-state index contributed by atoms with van der Waals surface area (Å²) < 4.78 is 41.2. The number of benzene rings is 2. The second-order valence-corrected chi connectivity index (χ2v) is 5.05. The fourth-order valence-corrected chi connectivity index (χ4v) is 2.59. The summed E-state index contributed by atoms with van der Waals surface area (Å²) in [6, 6.07) is 12.5. The van der Waals surface area contributed by atoms with Crippen molar-refractivity contribution in [2.75, 3.05) is 0 Å². The molecule has 0 atom stereocenters. The third-order valence-electron chi connectivity index (χ3n) is 3.61. The van der Waals surface area contributed by atoms with Crippen LogP contribution in [0.15, 0.2) is 59.5 Å². The number of aryl methyl sites for hydroxylation is 1. The summed E-state index contributed by atoms with van der Waals surface area (Å²) in [5, 5.41) is -0.293. The first-order chi connectivity index (χ1) is 10.4. The third-order valence-corrected chi connectivity index (χ3v) is 3.61. The highest BCUT2D eigenvalue weighted by molar-refractivity contribution is 5.87. The van der Waals surface area contributed by atoms with Crippen molar-refractivity contribution < 1.29 is 13.2 Å². The summed E-state index contributed by atoms with van der Waals surface area (Å²) in [4.78, 5) is 12.6. The van der Waals surface area contributed by atoms with Crippen LogP contribution in [0.5, 0.6) is 0 Å². The molecule has 22 heavy (non-hydrogen) atoms. The molecule has 0 bridgehead atoms. The van der Waals surface area contributed by atoms with E-state index in [1.54, 1.807) is 48.1 Å². The fourth-order valence-electron chi connectivity index (χ4n) is 2.59. The van der Waals surface area contributed by atoms with Crippen LogP contribution < -0.4 is 5.43 Å². The Hall–Kier alpha value is -2.56. The van der Waals surface area contributed by atoms with Crippen LogP contribution >= 0.6 is 0 Å². The largest absolute Gasteiger partial charge is 0.417 e. The molecule has 112 valence electrons. The number of hydrogen-bond acceptors (Lipinski definition) is 1. The van der Waals surface area contributed by atoms with Gasteiger partial charge in [-0.2, -0.15) is 13.2 Å². The maximum atomic E-state index is 13.2. The normalized spacial score (nSPS) is 11.8. The second kappa shape index (κ2) is 5.02. The number of nitrogens with zero attached hydrogens (tertiary/aromatic N) is 1. The van der Waals surface area contributed by atoms with Gasteiger partial charge in [0.15, 0.2) is 5.43 Å². The standard InChI is InChI=1S/C17H12F3NO/c1-21-10-12(11-6-3-2-4-7-11)16(22)15-13(17(18,19)20)8-5-9-14(15)21/h2-10H,1H3. The van der Waals surface area contributed by atoms with Crippen LogP contribution in [0.4, 0.5) is 13.2 Å². The number of pyridine rings is 1. The molecule has 0 saturated carbocycles. The zero-order valence-electron chi connectivity index (χ0n) is 11.7. The van der Waals surface area contributed by atoms with E-state index in [9.17, 15) is 18.0 Å². The van der Waals surface area contributed by atoms with Gasteiger partial charge in [0.05, 0.1) is 16.5 Å². The average molecular weight is 303 g/mol. The summed E-state index contributed by atoms with van der Waals surface area (Å²) in [5.74, 6) is 0. The molecule has 0 aliphatic carbocycles. The van der Waals surface area contributed by atoms with E-state index in [1.165, 1.54) is 12.1 Å². The fraction of sp³-hybridized carbons (Fsp3) is 0.118. The Balaban J connectivity index is 2.45. The van der Waals surface area contributed by atoms with E-state index in [1.807, 2.05) is 0 Å². The Kier molecular flexibility index (Phi) is 3.28. The summed E-state index contributed by atoms with van der Waals surface area (Å²) in [5.41, 5.74) is -0.385. The number of fused-ring (bicyclic) bond motifs is 1. The van der Waals surface area contributed by atoms with E-state index in [0.29, 0.717) is 5.56 Å². The highest BCUT2D eigenvalue weighted by Gasteiger charge is 2.34. The van der Waals surface area contributed by atoms with E-state index >= 15 is 0 Å². The topological polar surface area (TPSA) is 22.0 Å². The number of alkyl halides is 3. The van der Waals surface area contributed by atoms with Gasteiger partial charge in [-0.25, -0.2) is 0 Å². The molecule has 0 aliphatic heterocycles. The minimum atomic E-state index is -4.57. The molecule has 0 fully saturated rings. The number of rotatable bonds is 1. The van der Waals surface area contributed by atoms with Crippen molar-refractivity contribution in [1.29, 1.82) is 0 Å². The van der Waals surface area contributed by atoms with Gasteiger partial charge in [-0.15, -0.1) is 0 Å². The van der Waals surface area contributed by atoms with Crippen LogP contribution in [0.1, 0.15) is 5.56 Å². The average Bonchev–Trinajstić information content (AvgIpc) is 2.50. The molecular formula is C17H12F3NO. The van der Waals surface area contributed by atoms with E-state index in [0.717, 1.165) is 6.07 Å². The van der Waals surface area contributed by atoms with Crippen molar-refractivity contribution in [2.24, 2.45) is 7.05 Å². The third kappa shape index (κ3) is 2.28.